The van der Waals surface area contributed by atoms with Crippen molar-refractivity contribution in [3.63, 3.8) is 0 Å². The van der Waals surface area contributed by atoms with E-state index in [0.29, 0.717) is 5.56 Å². The number of carboxylic acid groups (broad SMARTS) is 1. The van der Waals surface area contributed by atoms with Crippen LogP contribution in [0.3, 0.4) is 0 Å². The summed E-state index contributed by atoms with van der Waals surface area (Å²) in [4.78, 5) is 41.1. The summed E-state index contributed by atoms with van der Waals surface area (Å²) in [6.45, 7) is 4.94. The standard InChI is InChI=1S/C25H25F3N2O6/c1-23(2,3)30-20(32)17-18(21(30)33)24(22(34)35,12-13-7-9-15(31)10-8-13)29-19(17)14-5-4-6-16(11-14)36-25(26,27)28/h4-11,17-19,29,31H,12H2,1-3H3,(H,34,35). The molecule has 0 aromatic heterocycles. The van der Waals surface area contributed by atoms with E-state index in [2.05, 4.69) is 10.1 Å². The Hall–Kier alpha value is -3.60. The normalized spacial score (nSPS) is 26.3. The number of benzene rings is 2. The molecule has 8 nitrogen and oxygen atoms in total. The second-order valence-corrected chi connectivity index (χ2v) is 10.0. The Kier molecular flexibility index (Phi) is 6.02. The largest absolute Gasteiger partial charge is 0.573 e. The molecule has 0 aliphatic carbocycles. The molecule has 2 aromatic carbocycles. The summed E-state index contributed by atoms with van der Waals surface area (Å²) >= 11 is 0. The van der Waals surface area contributed by atoms with Gasteiger partial charge in [0.15, 0.2) is 0 Å². The zero-order valence-electron chi connectivity index (χ0n) is 19.7. The van der Waals surface area contributed by atoms with Crippen molar-refractivity contribution >= 4 is 17.8 Å². The Morgan fingerprint density at radius 3 is 2.28 bits per heavy atom. The lowest BCUT2D eigenvalue weighted by Gasteiger charge is -2.35. The number of phenols is 1. The van der Waals surface area contributed by atoms with Crippen LogP contribution in [0.5, 0.6) is 11.5 Å². The van der Waals surface area contributed by atoms with Crippen LogP contribution in [-0.4, -0.2) is 50.3 Å². The monoisotopic (exact) mass is 506 g/mol. The van der Waals surface area contributed by atoms with Crippen molar-refractivity contribution < 1.29 is 42.5 Å². The minimum absolute atomic E-state index is 0.0363. The van der Waals surface area contributed by atoms with Crippen molar-refractivity contribution in [3.05, 3.63) is 59.7 Å². The second-order valence-electron chi connectivity index (χ2n) is 10.0. The van der Waals surface area contributed by atoms with Gasteiger partial charge in [-0.15, -0.1) is 13.2 Å². The average molecular weight is 506 g/mol. The van der Waals surface area contributed by atoms with E-state index in [-0.39, 0.29) is 17.7 Å². The first-order valence-corrected chi connectivity index (χ1v) is 11.2. The third kappa shape index (κ3) is 4.39. The molecule has 0 radical (unpaired) electrons. The topological polar surface area (TPSA) is 116 Å². The lowest BCUT2D eigenvalue weighted by molar-refractivity contribution is -0.274. The van der Waals surface area contributed by atoms with Gasteiger partial charge in [0.1, 0.15) is 17.0 Å². The van der Waals surface area contributed by atoms with Crippen molar-refractivity contribution in [2.75, 3.05) is 0 Å². The number of aliphatic carboxylic acids is 1. The first kappa shape index (κ1) is 25.5. The molecule has 2 saturated heterocycles. The van der Waals surface area contributed by atoms with Crippen LogP contribution in [0.4, 0.5) is 13.2 Å². The number of nitrogens with zero attached hydrogens (tertiary/aromatic N) is 1. The van der Waals surface area contributed by atoms with Crippen LogP contribution in [-0.2, 0) is 20.8 Å². The van der Waals surface area contributed by atoms with E-state index < -0.39 is 58.9 Å². The third-order valence-corrected chi connectivity index (χ3v) is 6.58. The lowest BCUT2D eigenvalue weighted by Crippen LogP contribution is -2.58. The van der Waals surface area contributed by atoms with Gasteiger partial charge in [-0.1, -0.05) is 24.3 Å². The molecule has 2 aliphatic rings. The van der Waals surface area contributed by atoms with Crippen LogP contribution in [0.15, 0.2) is 48.5 Å². The molecule has 2 fully saturated rings. The zero-order valence-corrected chi connectivity index (χ0v) is 19.7. The van der Waals surface area contributed by atoms with Crippen LogP contribution in [0.25, 0.3) is 0 Å². The molecule has 2 heterocycles. The average Bonchev–Trinajstić information content (AvgIpc) is 3.23. The van der Waals surface area contributed by atoms with Gasteiger partial charge in [-0.25, -0.2) is 0 Å². The molecule has 4 atom stereocenters. The number of carbonyl (C=O) groups is 3. The number of aromatic hydroxyl groups is 1. The number of hydrogen-bond donors (Lipinski definition) is 3. The van der Waals surface area contributed by atoms with Gasteiger partial charge in [0.2, 0.25) is 11.8 Å². The molecule has 2 aliphatic heterocycles. The van der Waals surface area contributed by atoms with Crippen LogP contribution < -0.4 is 10.1 Å². The van der Waals surface area contributed by atoms with Gasteiger partial charge in [-0.3, -0.25) is 24.6 Å². The molecule has 0 spiro atoms. The lowest BCUT2D eigenvalue weighted by atomic mass is 9.76. The fourth-order valence-electron chi connectivity index (χ4n) is 5.23. The maximum absolute atomic E-state index is 13.6. The van der Waals surface area contributed by atoms with Gasteiger partial charge >= 0.3 is 12.3 Å². The summed E-state index contributed by atoms with van der Waals surface area (Å²) < 4.78 is 42.5. The first-order valence-electron chi connectivity index (χ1n) is 11.2. The van der Waals surface area contributed by atoms with E-state index in [4.69, 9.17) is 0 Å². The van der Waals surface area contributed by atoms with E-state index >= 15 is 0 Å². The highest BCUT2D eigenvalue weighted by Crippen LogP contribution is 2.51. The molecule has 0 bridgehead atoms. The number of amides is 2. The summed E-state index contributed by atoms with van der Waals surface area (Å²) in [6, 6.07) is 9.60. The quantitative estimate of drug-likeness (QED) is 0.533. The van der Waals surface area contributed by atoms with Gasteiger partial charge in [-0.2, -0.15) is 0 Å². The molecule has 4 rings (SSSR count). The minimum atomic E-state index is -4.95. The predicted octanol–water partition coefficient (Wildman–Crippen LogP) is 3.40. The molecule has 4 unspecified atom stereocenters. The summed E-state index contributed by atoms with van der Waals surface area (Å²) in [5.74, 6) is -5.73. The highest BCUT2D eigenvalue weighted by molar-refractivity contribution is 6.10. The van der Waals surface area contributed by atoms with E-state index in [9.17, 15) is 37.8 Å². The van der Waals surface area contributed by atoms with Gasteiger partial charge < -0.3 is 14.9 Å². The predicted molar refractivity (Wildman–Crippen MR) is 120 cm³/mol. The van der Waals surface area contributed by atoms with Crippen molar-refractivity contribution in [1.82, 2.24) is 10.2 Å². The SMILES string of the molecule is CC(C)(C)N1C(=O)C2C(c3cccc(OC(F)(F)F)c3)NC(Cc3ccc(O)cc3)(C(=O)O)C2C1=O. The molecular formula is C25H25F3N2O6. The number of nitrogens with one attached hydrogen (secondary N) is 1. The number of hydrogen-bond acceptors (Lipinski definition) is 6. The second kappa shape index (κ2) is 8.51. The smallest absolute Gasteiger partial charge is 0.508 e. The van der Waals surface area contributed by atoms with Crippen molar-refractivity contribution in [2.45, 2.75) is 50.7 Å². The number of ether oxygens (including phenoxy) is 1. The maximum Gasteiger partial charge on any atom is 0.573 e. The molecule has 0 saturated carbocycles. The number of likely N-dealkylation sites (tertiary alicyclic amines) is 1. The number of carbonyl (C=O) groups excluding carboxylic acids is 2. The number of phenolic OH excluding ortho intramolecular Hbond substituents is 1. The van der Waals surface area contributed by atoms with E-state index in [1.54, 1.807) is 20.8 Å². The molecule has 2 aromatic rings. The molecule has 3 N–H and O–H groups in total. The van der Waals surface area contributed by atoms with Gasteiger partial charge in [0.05, 0.1) is 11.8 Å². The molecule has 11 heteroatoms. The van der Waals surface area contributed by atoms with Gasteiger partial charge in [0.25, 0.3) is 0 Å². The number of carboxylic acids is 1. The number of alkyl halides is 3. The highest BCUT2D eigenvalue weighted by Gasteiger charge is 2.69. The fraction of sp³-hybridized carbons (Fsp3) is 0.400. The van der Waals surface area contributed by atoms with Gasteiger partial charge in [-0.05, 0) is 56.2 Å². The van der Waals surface area contributed by atoms with E-state index in [0.717, 1.165) is 17.0 Å². The number of imide groups is 1. The number of fused-ring (bicyclic) bond motifs is 1. The molecule has 2 amide bonds. The number of halogens is 3. The Morgan fingerprint density at radius 1 is 1.08 bits per heavy atom. The van der Waals surface area contributed by atoms with Gasteiger partial charge in [0, 0.05) is 18.0 Å². The molecule has 36 heavy (non-hydrogen) atoms. The third-order valence-electron chi connectivity index (χ3n) is 6.58. The summed E-state index contributed by atoms with van der Waals surface area (Å²) in [6.07, 6.45) is -5.16. The van der Waals surface area contributed by atoms with E-state index in [1.165, 1.54) is 36.4 Å². The zero-order chi connectivity index (χ0) is 26.6. The van der Waals surface area contributed by atoms with Crippen LogP contribution >= 0.6 is 0 Å². The minimum Gasteiger partial charge on any atom is -0.508 e. The maximum atomic E-state index is 13.6. The Bertz CT molecular complexity index is 1210. The van der Waals surface area contributed by atoms with Crippen LogP contribution in [0.1, 0.15) is 37.9 Å². The summed E-state index contributed by atoms with van der Waals surface area (Å²) in [5, 5.41) is 23.0. The molecule has 192 valence electrons. The van der Waals surface area contributed by atoms with Crippen molar-refractivity contribution in [2.24, 2.45) is 11.8 Å². The fourth-order valence-corrected chi connectivity index (χ4v) is 5.23. The Morgan fingerprint density at radius 2 is 1.72 bits per heavy atom. The van der Waals surface area contributed by atoms with Crippen LogP contribution in [0, 0.1) is 11.8 Å². The highest BCUT2D eigenvalue weighted by atomic mass is 19.4. The summed E-state index contributed by atoms with van der Waals surface area (Å²) in [5.41, 5.74) is -2.24. The van der Waals surface area contributed by atoms with Crippen LogP contribution in [0.2, 0.25) is 0 Å². The first-order chi connectivity index (χ1) is 16.6. The van der Waals surface area contributed by atoms with E-state index in [1.807, 2.05) is 0 Å². The Labute approximate surface area is 204 Å². The number of rotatable bonds is 5. The summed E-state index contributed by atoms with van der Waals surface area (Å²) in [7, 11) is 0. The van der Waals surface area contributed by atoms with Crippen molar-refractivity contribution in [1.29, 1.82) is 0 Å². The Balaban J connectivity index is 1.85. The molecular weight excluding hydrogens is 481 g/mol. The van der Waals surface area contributed by atoms with Crippen molar-refractivity contribution in [3.8, 4) is 11.5 Å².